The smallest absolute Gasteiger partial charge is 0.259 e. The van der Waals surface area contributed by atoms with E-state index in [-0.39, 0.29) is 11.8 Å². The molecule has 0 bridgehead atoms. The third kappa shape index (κ3) is 3.30. The quantitative estimate of drug-likeness (QED) is 0.678. The second kappa shape index (κ2) is 6.72. The Hall–Kier alpha value is -2.70. The average Bonchev–Trinajstić information content (AvgIpc) is 3.62. The number of nitrogens with one attached hydrogen (secondary N) is 1. The minimum absolute atomic E-state index is 0.0663. The fourth-order valence-corrected chi connectivity index (χ4v) is 3.71. The van der Waals surface area contributed by atoms with Gasteiger partial charge in [-0.15, -0.1) is 0 Å². The molecule has 1 atom stereocenters. The van der Waals surface area contributed by atoms with Gasteiger partial charge in [0.05, 0.1) is 16.6 Å². The molecule has 2 aliphatic carbocycles. The van der Waals surface area contributed by atoms with Gasteiger partial charge in [0, 0.05) is 42.5 Å². The fourth-order valence-electron chi connectivity index (χ4n) is 3.71. The number of hydrogen-bond acceptors (Lipinski definition) is 5. The van der Waals surface area contributed by atoms with Crippen LogP contribution in [0.25, 0.3) is 11.1 Å². The van der Waals surface area contributed by atoms with Crippen molar-refractivity contribution in [1.82, 2.24) is 25.2 Å². The molecular formula is C21H25N5O2. The van der Waals surface area contributed by atoms with Crippen molar-refractivity contribution in [1.29, 1.82) is 0 Å². The summed E-state index contributed by atoms with van der Waals surface area (Å²) in [5.74, 6) is 1.06. The molecule has 1 unspecified atom stereocenters. The van der Waals surface area contributed by atoms with Gasteiger partial charge in [-0.1, -0.05) is 12.1 Å². The molecule has 2 saturated carbocycles. The van der Waals surface area contributed by atoms with Crippen molar-refractivity contribution in [2.45, 2.75) is 57.9 Å². The second-order valence-electron chi connectivity index (χ2n) is 8.36. The molecule has 0 spiro atoms. The van der Waals surface area contributed by atoms with Crippen molar-refractivity contribution >= 4 is 17.0 Å². The van der Waals surface area contributed by atoms with Crippen LogP contribution in [-0.2, 0) is 6.54 Å². The molecule has 0 aliphatic heterocycles. The maximum atomic E-state index is 13.1. The summed E-state index contributed by atoms with van der Waals surface area (Å²) in [5.41, 5.74) is 4.15. The standard InChI is InChI=1S/C21H25N5O2/c1-12(11-26-13(2)7-8-23-26)10-22-20(27)16-9-17(14-3-4-14)24-21-18(16)19(25-28-21)15-5-6-15/h7-9,12,14-15H,3-6,10-11H2,1-2H3,(H,22,27). The van der Waals surface area contributed by atoms with Crippen LogP contribution in [0, 0.1) is 12.8 Å². The molecule has 7 nitrogen and oxygen atoms in total. The highest BCUT2D eigenvalue weighted by atomic mass is 16.5. The number of carbonyl (C=O) groups excluding carboxylic acids is 1. The van der Waals surface area contributed by atoms with Gasteiger partial charge in [-0.2, -0.15) is 5.10 Å². The number of nitrogens with zero attached hydrogens (tertiary/aromatic N) is 4. The molecule has 0 radical (unpaired) electrons. The number of pyridine rings is 1. The van der Waals surface area contributed by atoms with E-state index in [9.17, 15) is 4.79 Å². The van der Waals surface area contributed by atoms with E-state index >= 15 is 0 Å². The Morgan fingerprint density at radius 2 is 2.11 bits per heavy atom. The maximum Gasteiger partial charge on any atom is 0.259 e. The van der Waals surface area contributed by atoms with E-state index in [1.165, 1.54) is 0 Å². The Morgan fingerprint density at radius 3 is 2.79 bits per heavy atom. The Balaban J connectivity index is 1.37. The van der Waals surface area contributed by atoms with E-state index in [1.54, 1.807) is 6.20 Å². The summed E-state index contributed by atoms with van der Waals surface area (Å²) in [7, 11) is 0. The highest BCUT2D eigenvalue weighted by Crippen LogP contribution is 2.45. The highest BCUT2D eigenvalue weighted by molar-refractivity contribution is 6.06. The van der Waals surface area contributed by atoms with Gasteiger partial charge < -0.3 is 9.84 Å². The maximum absolute atomic E-state index is 13.1. The highest BCUT2D eigenvalue weighted by Gasteiger charge is 2.34. The van der Waals surface area contributed by atoms with Crippen molar-refractivity contribution in [3.63, 3.8) is 0 Å². The summed E-state index contributed by atoms with van der Waals surface area (Å²) in [6.07, 6.45) is 6.27. The first-order valence-corrected chi connectivity index (χ1v) is 10.2. The third-order valence-corrected chi connectivity index (χ3v) is 5.72. The summed E-state index contributed by atoms with van der Waals surface area (Å²) in [6.45, 7) is 5.52. The first-order valence-electron chi connectivity index (χ1n) is 10.2. The zero-order valence-electron chi connectivity index (χ0n) is 16.3. The van der Waals surface area contributed by atoms with Crippen LogP contribution >= 0.6 is 0 Å². The Bertz CT molecular complexity index is 1030. The van der Waals surface area contributed by atoms with Crippen molar-refractivity contribution in [3.05, 3.63) is 41.0 Å². The van der Waals surface area contributed by atoms with E-state index in [0.717, 1.165) is 54.7 Å². The lowest BCUT2D eigenvalue weighted by molar-refractivity contribution is 0.0948. The Morgan fingerprint density at radius 1 is 1.32 bits per heavy atom. The van der Waals surface area contributed by atoms with Crippen LogP contribution < -0.4 is 5.32 Å². The number of aryl methyl sites for hydroxylation is 1. The number of carbonyl (C=O) groups is 1. The molecule has 3 aromatic heterocycles. The topological polar surface area (TPSA) is 85.8 Å². The van der Waals surface area contributed by atoms with Crippen molar-refractivity contribution in [2.24, 2.45) is 5.92 Å². The molecule has 0 aromatic carbocycles. The largest absolute Gasteiger partial charge is 0.352 e. The molecule has 3 heterocycles. The van der Waals surface area contributed by atoms with Crippen molar-refractivity contribution in [2.75, 3.05) is 6.54 Å². The number of aromatic nitrogens is 4. The Labute approximate surface area is 163 Å². The van der Waals surface area contributed by atoms with E-state index < -0.39 is 0 Å². The Kier molecular flexibility index (Phi) is 4.18. The van der Waals surface area contributed by atoms with Gasteiger partial charge in [0.25, 0.3) is 11.6 Å². The van der Waals surface area contributed by atoms with Gasteiger partial charge in [-0.05, 0) is 50.7 Å². The van der Waals surface area contributed by atoms with Crippen LogP contribution in [0.4, 0.5) is 0 Å². The van der Waals surface area contributed by atoms with Gasteiger partial charge in [-0.25, -0.2) is 4.98 Å². The van der Waals surface area contributed by atoms with Gasteiger partial charge >= 0.3 is 0 Å². The molecule has 0 saturated heterocycles. The summed E-state index contributed by atoms with van der Waals surface area (Å²) in [6, 6.07) is 3.95. The summed E-state index contributed by atoms with van der Waals surface area (Å²) in [4.78, 5) is 17.7. The summed E-state index contributed by atoms with van der Waals surface area (Å²) >= 11 is 0. The molecule has 1 N–H and O–H groups in total. The minimum atomic E-state index is -0.0663. The molecule has 1 amide bonds. The van der Waals surface area contributed by atoms with Crippen molar-refractivity contribution < 1.29 is 9.32 Å². The predicted octanol–water partition coefficient (Wildman–Crippen LogP) is 3.55. The third-order valence-electron chi connectivity index (χ3n) is 5.72. The number of fused-ring (bicyclic) bond motifs is 1. The molecule has 2 aliphatic rings. The van der Waals surface area contributed by atoms with Crippen LogP contribution in [-0.4, -0.2) is 32.4 Å². The van der Waals surface area contributed by atoms with E-state index in [1.807, 2.05) is 23.7 Å². The van der Waals surface area contributed by atoms with E-state index in [4.69, 9.17) is 4.52 Å². The second-order valence-corrected chi connectivity index (χ2v) is 8.36. The lowest BCUT2D eigenvalue weighted by Gasteiger charge is -2.14. The molecule has 5 rings (SSSR count). The van der Waals surface area contributed by atoms with Crippen LogP contribution in [0.15, 0.2) is 22.9 Å². The molecule has 146 valence electrons. The molecule has 2 fully saturated rings. The van der Waals surface area contributed by atoms with Crippen LogP contribution in [0.1, 0.15) is 71.9 Å². The predicted molar refractivity (Wildman–Crippen MR) is 104 cm³/mol. The molecule has 3 aromatic rings. The van der Waals surface area contributed by atoms with Gasteiger partial charge in [-0.3, -0.25) is 9.48 Å². The van der Waals surface area contributed by atoms with Gasteiger partial charge in [0.2, 0.25) is 0 Å². The zero-order valence-corrected chi connectivity index (χ0v) is 16.3. The van der Waals surface area contributed by atoms with Crippen LogP contribution in [0.3, 0.4) is 0 Å². The zero-order chi connectivity index (χ0) is 19.3. The molecular weight excluding hydrogens is 354 g/mol. The minimum Gasteiger partial charge on any atom is -0.352 e. The lowest BCUT2D eigenvalue weighted by atomic mass is 10.0. The molecule has 28 heavy (non-hydrogen) atoms. The first kappa shape index (κ1) is 17.4. The van der Waals surface area contributed by atoms with Gasteiger partial charge in [0.1, 0.15) is 0 Å². The van der Waals surface area contributed by atoms with Crippen LogP contribution in [0.5, 0.6) is 0 Å². The first-order chi connectivity index (χ1) is 13.6. The molecule has 7 heteroatoms. The van der Waals surface area contributed by atoms with E-state index in [2.05, 4.69) is 27.5 Å². The lowest BCUT2D eigenvalue weighted by Crippen LogP contribution is -2.30. The van der Waals surface area contributed by atoms with Crippen molar-refractivity contribution in [3.8, 4) is 0 Å². The summed E-state index contributed by atoms with van der Waals surface area (Å²) in [5, 5.41) is 12.5. The SMILES string of the molecule is Cc1ccnn1CC(C)CNC(=O)c1cc(C2CC2)nc2onc(C3CC3)c12. The summed E-state index contributed by atoms with van der Waals surface area (Å²) < 4.78 is 7.49. The van der Waals surface area contributed by atoms with Crippen LogP contribution in [0.2, 0.25) is 0 Å². The van der Waals surface area contributed by atoms with Gasteiger partial charge in [0.15, 0.2) is 0 Å². The van der Waals surface area contributed by atoms with E-state index in [0.29, 0.717) is 29.7 Å². The number of hydrogen-bond donors (Lipinski definition) is 1. The average molecular weight is 379 g/mol. The normalized spacial score (nSPS) is 17.8. The number of amides is 1. The fraction of sp³-hybridized carbons (Fsp3) is 0.524. The monoisotopic (exact) mass is 379 g/mol. The number of rotatable bonds is 7.